The second-order valence-corrected chi connectivity index (χ2v) is 12.0. The SMILES string of the molecule is CCCC1C(=CC=CC=CC=CC=CC2=[N+](C)c3ccc4ccccc4c3C2(C)C)N(C)c2ccc3ccccc3c21. The van der Waals surface area contributed by atoms with Crippen LogP contribution in [0, 0.1) is 0 Å². The highest BCUT2D eigenvalue weighted by Crippen LogP contribution is 2.48. The fraction of sp³-hybridized carbons (Fsp3) is 0.225. The van der Waals surface area contributed by atoms with Crippen LogP contribution in [-0.2, 0) is 5.41 Å². The first-order valence-electron chi connectivity index (χ1n) is 15.2. The minimum Gasteiger partial charge on any atom is -0.347 e. The lowest BCUT2D eigenvalue weighted by atomic mass is 9.79. The van der Waals surface area contributed by atoms with Gasteiger partial charge in [-0.15, -0.1) is 0 Å². The van der Waals surface area contributed by atoms with Gasteiger partial charge in [-0.2, -0.15) is 4.58 Å². The number of hydrogen-bond acceptors (Lipinski definition) is 1. The summed E-state index contributed by atoms with van der Waals surface area (Å²) in [5.74, 6) is 0.430. The summed E-state index contributed by atoms with van der Waals surface area (Å²) in [4.78, 5) is 2.38. The van der Waals surface area contributed by atoms with Crippen LogP contribution in [0.3, 0.4) is 0 Å². The second-order valence-electron chi connectivity index (χ2n) is 12.0. The summed E-state index contributed by atoms with van der Waals surface area (Å²) in [7, 11) is 4.38. The molecular weight excluding hydrogens is 508 g/mol. The number of hydrogen-bond donors (Lipinski definition) is 0. The summed E-state index contributed by atoms with van der Waals surface area (Å²) >= 11 is 0. The minimum atomic E-state index is -0.0592. The van der Waals surface area contributed by atoms with Gasteiger partial charge < -0.3 is 4.90 Å². The number of nitrogens with zero attached hydrogens (tertiary/aromatic N) is 2. The summed E-state index contributed by atoms with van der Waals surface area (Å²) in [6.45, 7) is 6.95. The molecule has 0 saturated heterocycles. The average Bonchev–Trinajstić information content (AvgIpc) is 3.38. The lowest BCUT2D eigenvalue weighted by Gasteiger charge is -2.17. The van der Waals surface area contributed by atoms with Gasteiger partial charge in [-0.1, -0.05) is 110 Å². The van der Waals surface area contributed by atoms with Gasteiger partial charge in [0.15, 0.2) is 5.71 Å². The highest BCUT2D eigenvalue weighted by atomic mass is 15.1. The molecule has 2 aliphatic rings. The third-order valence-electron chi connectivity index (χ3n) is 9.06. The maximum Gasteiger partial charge on any atom is 0.210 e. The van der Waals surface area contributed by atoms with Crippen LogP contribution >= 0.6 is 0 Å². The van der Waals surface area contributed by atoms with Crippen LogP contribution in [0.15, 0.2) is 133 Å². The zero-order chi connectivity index (χ0) is 29.3. The predicted molar refractivity (Wildman–Crippen MR) is 182 cm³/mol. The Labute approximate surface area is 251 Å². The summed E-state index contributed by atoms with van der Waals surface area (Å²) in [5, 5.41) is 5.35. The van der Waals surface area contributed by atoms with Gasteiger partial charge in [0.25, 0.3) is 0 Å². The van der Waals surface area contributed by atoms with Gasteiger partial charge in [0.2, 0.25) is 5.69 Å². The molecule has 0 saturated carbocycles. The Morgan fingerprint density at radius 3 is 2.12 bits per heavy atom. The van der Waals surface area contributed by atoms with Crippen molar-refractivity contribution in [2.75, 3.05) is 19.0 Å². The molecule has 0 fully saturated rings. The molecule has 2 nitrogen and oxygen atoms in total. The molecule has 210 valence electrons. The van der Waals surface area contributed by atoms with Crippen molar-refractivity contribution in [3.63, 3.8) is 0 Å². The van der Waals surface area contributed by atoms with Crippen molar-refractivity contribution in [2.24, 2.45) is 0 Å². The van der Waals surface area contributed by atoms with Crippen LogP contribution in [-0.4, -0.2) is 24.4 Å². The third-order valence-corrected chi connectivity index (χ3v) is 9.06. The molecule has 0 N–H and O–H groups in total. The molecule has 1 atom stereocenters. The van der Waals surface area contributed by atoms with Crippen LogP contribution in [0.4, 0.5) is 11.4 Å². The number of anilines is 1. The first kappa shape index (κ1) is 27.7. The van der Waals surface area contributed by atoms with Gasteiger partial charge in [0.1, 0.15) is 7.05 Å². The van der Waals surface area contributed by atoms with E-state index in [1.165, 1.54) is 55.5 Å². The summed E-state index contributed by atoms with van der Waals surface area (Å²) in [6, 6.07) is 26.5. The fourth-order valence-electron chi connectivity index (χ4n) is 7.09. The molecule has 0 aliphatic carbocycles. The van der Waals surface area contributed by atoms with Gasteiger partial charge in [-0.25, -0.2) is 0 Å². The standard InChI is InChI=1S/C40H41N2/c1-6-18-33-34(41(4)35-27-25-29-19-14-16-21-31(29)38(33)35)23-12-10-8-7-9-11-13-24-37-40(2,3)39-32-22-17-15-20-30(32)26-28-36(39)42(37)5/h7-17,19-28,33H,6,18H2,1-5H3/q+1. The van der Waals surface area contributed by atoms with Gasteiger partial charge in [0.05, 0.1) is 5.41 Å². The van der Waals surface area contributed by atoms with Crippen molar-refractivity contribution in [3.8, 4) is 0 Å². The molecule has 0 spiro atoms. The van der Waals surface area contributed by atoms with E-state index in [1.807, 2.05) is 0 Å². The summed E-state index contributed by atoms with van der Waals surface area (Å²) in [5.41, 5.74) is 8.15. The predicted octanol–water partition coefficient (Wildman–Crippen LogP) is 10.1. The Morgan fingerprint density at radius 1 is 0.762 bits per heavy atom. The van der Waals surface area contributed by atoms with Gasteiger partial charge in [-0.3, -0.25) is 0 Å². The van der Waals surface area contributed by atoms with Crippen molar-refractivity contribution in [1.29, 1.82) is 0 Å². The molecule has 2 heteroatoms. The van der Waals surface area contributed by atoms with E-state index in [0.29, 0.717) is 5.92 Å². The molecule has 6 rings (SSSR count). The normalized spacial score (nSPS) is 19.2. The van der Waals surface area contributed by atoms with Crippen LogP contribution in [0.2, 0.25) is 0 Å². The topological polar surface area (TPSA) is 6.25 Å². The van der Waals surface area contributed by atoms with E-state index in [-0.39, 0.29) is 5.41 Å². The van der Waals surface area contributed by atoms with Crippen molar-refractivity contribution < 1.29 is 4.58 Å². The Bertz CT molecular complexity index is 1840. The molecule has 4 aromatic rings. The Morgan fingerprint density at radius 2 is 1.38 bits per heavy atom. The number of benzene rings is 4. The maximum absolute atomic E-state index is 2.38. The molecular formula is C40H41N2+. The second kappa shape index (κ2) is 11.4. The quantitative estimate of drug-likeness (QED) is 0.164. The fourth-order valence-corrected chi connectivity index (χ4v) is 7.09. The summed E-state index contributed by atoms with van der Waals surface area (Å²) < 4.78 is 2.34. The minimum absolute atomic E-state index is 0.0592. The van der Waals surface area contributed by atoms with Gasteiger partial charge >= 0.3 is 0 Å². The van der Waals surface area contributed by atoms with Crippen LogP contribution in [0.1, 0.15) is 50.7 Å². The Hall–Kier alpha value is -4.43. The first-order valence-corrected chi connectivity index (χ1v) is 15.2. The molecule has 0 amide bonds. The third kappa shape index (κ3) is 4.75. The molecule has 0 radical (unpaired) electrons. The highest BCUT2D eigenvalue weighted by molar-refractivity contribution is 6.07. The first-order chi connectivity index (χ1) is 20.4. The van der Waals surface area contributed by atoms with E-state index < -0.39 is 0 Å². The smallest absolute Gasteiger partial charge is 0.210 e. The monoisotopic (exact) mass is 549 g/mol. The van der Waals surface area contributed by atoms with Crippen LogP contribution in [0.25, 0.3) is 21.5 Å². The molecule has 42 heavy (non-hydrogen) atoms. The van der Waals surface area contributed by atoms with E-state index in [9.17, 15) is 0 Å². The lowest BCUT2D eigenvalue weighted by molar-refractivity contribution is -0.401. The van der Waals surface area contributed by atoms with E-state index in [1.54, 1.807) is 0 Å². The van der Waals surface area contributed by atoms with E-state index in [4.69, 9.17) is 0 Å². The van der Waals surface area contributed by atoms with Crippen molar-refractivity contribution in [3.05, 3.63) is 144 Å². The Kier molecular flexibility index (Phi) is 7.56. The molecule has 0 aromatic heterocycles. The number of rotatable bonds is 7. The molecule has 1 unspecified atom stereocenters. The van der Waals surface area contributed by atoms with Gasteiger partial charge in [0, 0.05) is 42.1 Å². The van der Waals surface area contributed by atoms with Crippen molar-refractivity contribution >= 4 is 38.6 Å². The van der Waals surface area contributed by atoms with Crippen molar-refractivity contribution in [1.82, 2.24) is 0 Å². The molecule has 0 bridgehead atoms. The maximum atomic E-state index is 2.38. The van der Waals surface area contributed by atoms with Gasteiger partial charge in [-0.05, 0) is 65.6 Å². The highest BCUT2D eigenvalue weighted by Gasteiger charge is 2.44. The van der Waals surface area contributed by atoms with Crippen LogP contribution in [0.5, 0.6) is 0 Å². The molecule has 2 aliphatic heterocycles. The van der Waals surface area contributed by atoms with Crippen LogP contribution < -0.4 is 4.90 Å². The average molecular weight is 550 g/mol. The zero-order valence-corrected chi connectivity index (χ0v) is 25.5. The molecule has 2 heterocycles. The molecule has 4 aromatic carbocycles. The van der Waals surface area contributed by atoms with E-state index in [2.05, 4.69) is 172 Å². The number of allylic oxidation sites excluding steroid dienone is 10. The summed E-state index contributed by atoms with van der Waals surface area (Å²) in [6.07, 6.45) is 21.7. The Balaban J connectivity index is 1.14. The lowest BCUT2D eigenvalue weighted by Crippen LogP contribution is -2.26. The zero-order valence-electron chi connectivity index (χ0n) is 25.5. The number of fused-ring (bicyclic) bond motifs is 6. The largest absolute Gasteiger partial charge is 0.347 e. The van der Waals surface area contributed by atoms with E-state index in [0.717, 1.165) is 12.8 Å². The van der Waals surface area contributed by atoms with Crippen molar-refractivity contribution in [2.45, 2.75) is 44.9 Å². The van der Waals surface area contributed by atoms with E-state index >= 15 is 0 Å². The number of likely N-dealkylation sites (N-methyl/N-ethyl adjacent to an activating group) is 1.